The van der Waals surface area contributed by atoms with Crippen LogP contribution in [0.4, 0.5) is 0 Å². The van der Waals surface area contributed by atoms with Gasteiger partial charge in [0.1, 0.15) is 0 Å². The topological polar surface area (TPSA) is 15.3 Å². The maximum Gasteiger partial charge on any atom is 0.0453 e. The van der Waals surface area contributed by atoms with Gasteiger partial charge in [0.2, 0.25) is 0 Å². The van der Waals surface area contributed by atoms with Gasteiger partial charge in [0.15, 0.2) is 0 Å². The second-order valence-corrected chi connectivity index (χ2v) is 7.07. The van der Waals surface area contributed by atoms with E-state index in [1.54, 1.807) is 0 Å². The predicted molar refractivity (Wildman–Crippen MR) is 89.9 cm³/mol. The van der Waals surface area contributed by atoms with E-state index >= 15 is 0 Å². The molecule has 0 saturated carbocycles. The fourth-order valence-corrected chi connectivity index (χ4v) is 3.89. The zero-order valence-corrected chi connectivity index (χ0v) is 13.7. The summed E-state index contributed by atoms with van der Waals surface area (Å²) in [6.45, 7) is 5.82. The van der Waals surface area contributed by atoms with Gasteiger partial charge in [-0.2, -0.15) is 0 Å². The molecule has 1 aromatic rings. The molecule has 3 rings (SSSR count). The minimum atomic E-state index is 0.829. The standard InChI is InChI=1S/C18H27ClN2/c19-18-13-16(12-15-6-8-20-9-7-15)4-5-17(18)14-21-10-2-1-3-11-21/h4-5,13,15,20H,1-3,6-12,14H2. The fourth-order valence-electron chi connectivity index (χ4n) is 3.62. The summed E-state index contributed by atoms with van der Waals surface area (Å²) in [6, 6.07) is 6.77. The normalized spacial score (nSPS) is 21.6. The summed E-state index contributed by atoms with van der Waals surface area (Å²) < 4.78 is 0. The van der Waals surface area contributed by atoms with Crippen molar-refractivity contribution in [3.05, 3.63) is 34.3 Å². The monoisotopic (exact) mass is 306 g/mol. The lowest BCUT2D eigenvalue weighted by Gasteiger charge is -2.27. The molecule has 0 bridgehead atoms. The predicted octanol–water partition coefficient (Wildman–Crippen LogP) is 3.87. The lowest BCUT2D eigenvalue weighted by atomic mass is 9.91. The number of nitrogens with zero attached hydrogens (tertiary/aromatic N) is 1. The fraction of sp³-hybridized carbons (Fsp3) is 0.667. The van der Waals surface area contributed by atoms with Gasteiger partial charge in [-0.3, -0.25) is 4.90 Å². The number of halogens is 1. The van der Waals surface area contributed by atoms with E-state index in [4.69, 9.17) is 11.6 Å². The smallest absolute Gasteiger partial charge is 0.0453 e. The summed E-state index contributed by atoms with van der Waals surface area (Å²) >= 11 is 6.53. The van der Waals surface area contributed by atoms with Crippen LogP contribution in [0.5, 0.6) is 0 Å². The van der Waals surface area contributed by atoms with Crippen LogP contribution in [0.25, 0.3) is 0 Å². The molecule has 0 aromatic heterocycles. The molecular formula is C18H27ClN2. The average molecular weight is 307 g/mol. The Hall–Kier alpha value is -0.570. The van der Waals surface area contributed by atoms with Crippen molar-refractivity contribution >= 4 is 11.6 Å². The molecule has 2 nitrogen and oxygen atoms in total. The molecule has 2 saturated heterocycles. The van der Waals surface area contributed by atoms with Gasteiger partial charge in [0.25, 0.3) is 0 Å². The van der Waals surface area contributed by atoms with Gasteiger partial charge in [-0.25, -0.2) is 0 Å². The first-order chi connectivity index (χ1) is 10.3. The van der Waals surface area contributed by atoms with Crippen molar-refractivity contribution in [1.29, 1.82) is 0 Å². The van der Waals surface area contributed by atoms with E-state index in [9.17, 15) is 0 Å². The molecule has 116 valence electrons. The lowest BCUT2D eigenvalue weighted by molar-refractivity contribution is 0.221. The van der Waals surface area contributed by atoms with Crippen LogP contribution in [0, 0.1) is 5.92 Å². The molecule has 21 heavy (non-hydrogen) atoms. The van der Waals surface area contributed by atoms with Crippen LogP contribution in [0.3, 0.4) is 0 Å². The number of piperidine rings is 2. The van der Waals surface area contributed by atoms with Crippen LogP contribution < -0.4 is 5.32 Å². The van der Waals surface area contributed by atoms with Crippen LogP contribution in [0.1, 0.15) is 43.2 Å². The summed E-state index contributed by atoms with van der Waals surface area (Å²) in [6.07, 6.45) is 7.85. The number of rotatable bonds is 4. The number of benzene rings is 1. The molecule has 0 unspecified atom stereocenters. The SMILES string of the molecule is Clc1cc(CC2CCNCC2)ccc1CN1CCCCC1. The molecule has 2 heterocycles. The Balaban J connectivity index is 1.59. The first-order valence-electron chi connectivity index (χ1n) is 8.51. The van der Waals surface area contributed by atoms with Crippen molar-refractivity contribution in [3.8, 4) is 0 Å². The molecule has 0 amide bonds. The molecule has 2 aliphatic heterocycles. The first-order valence-corrected chi connectivity index (χ1v) is 8.89. The lowest BCUT2D eigenvalue weighted by Crippen LogP contribution is -2.29. The van der Waals surface area contributed by atoms with Gasteiger partial charge in [-0.1, -0.05) is 30.2 Å². The van der Waals surface area contributed by atoms with E-state index in [2.05, 4.69) is 28.4 Å². The van der Waals surface area contributed by atoms with Gasteiger partial charge in [-0.05, 0) is 81.4 Å². The highest BCUT2D eigenvalue weighted by Gasteiger charge is 2.15. The minimum Gasteiger partial charge on any atom is -0.317 e. The van der Waals surface area contributed by atoms with E-state index in [0.717, 1.165) is 17.5 Å². The highest BCUT2D eigenvalue weighted by Crippen LogP contribution is 2.24. The number of hydrogen-bond acceptors (Lipinski definition) is 2. The Bertz CT molecular complexity index is 449. The Kier molecular flexibility index (Phi) is 5.56. The second-order valence-electron chi connectivity index (χ2n) is 6.66. The Morgan fingerprint density at radius 2 is 1.86 bits per heavy atom. The Labute approximate surface area is 133 Å². The summed E-state index contributed by atoms with van der Waals surface area (Å²) in [7, 11) is 0. The van der Waals surface area contributed by atoms with Crippen LogP contribution in [0.15, 0.2) is 18.2 Å². The third kappa shape index (κ3) is 4.45. The van der Waals surface area contributed by atoms with Crippen molar-refractivity contribution in [2.45, 2.75) is 45.1 Å². The molecule has 0 atom stereocenters. The molecular weight excluding hydrogens is 280 g/mol. The molecule has 2 aliphatic rings. The Morgan fingerprint density at radius 3 is 2.57 bits per heavy atom. The summed E-state index contributed by atoms with van der Waals surface area (Å²) in [5, 5.41) is 4.40. The zero-order chi connectivity index (χ0) is 14.5. The molecule has 3 heteroatoms. The highest BCUT2D eigenvalue weighted by atomic mass is 35.5. The van der Waals surface area contributed by atoms with Gasteiger partial charge in [-0.15, -0.1) is 0 Å². The summed E-state index contributed by atoms with van der Waals surface area (Å²) in [5.74, 6) is 0.829. The zero-order valence-electron chi connectivity index (χ0n) is 12.9. The van der Waals surface area contributed by atoms with Crippen molar-refractivity contribution in [1.82, 2.24) is 10.2 Å². The second kappa shape index (κ2) is 7.62. The van der Waals surface area contributed by atoms with Crippen molar-refractivity contribution in [2.75, 3.05) is 26.2 Å². The number of likely N-dealkylation sites (tertiary alicyclic amines) is 1. The quantitative estimate of drug-likeness (QED) is 0.908. The van der Waals surface area contributed by atoms with Crippen molar-refractivity contribution in [2.24, 2.45) is 5.92 Å². The third-order valence-corrected chi connectivity index (χ3v) is 5.30. The molecule has 1 aromatic carbocycles. The molecule has 0 aliphatic carbocycles. The van der Waals surface area contributed by atoms with E-state index in [0.29, 0.717) is 0 Å². The number of hydrogen-bond donors (Lipinski definition) is 1. The van der Waals surface area contributed by atoms with Crippen LogP contribution >= 0.6 is 11.6 Å². The van der Waals surface area contributed by atoms with E-state index in [-0.39, 0.29) is 0 Å². The first kappa shape index (κ1) is 15.3. The molecule has 2 fully saturated rings. The molecule has 0 radical (unpaired) electrons. The van der Waals surface area contributed by atoms with Gasteiger partial charge < -0.3 is 5.32 Å². The summed E-state index contributed by atoms with van der Waals surface area (Å²) in [4.78, 5) is 2.54. The maximum atomic E-state index is 6.53. The maximum absolute atomic E-state index is 6.53. The van der Waals surface area contributed by atoms with Crippen molar-refractivity contribution < 1.29 is 0 Å². The highest BCUT2D eigenvalue weighted by molar-refractivity contribution is 6.31. The summed E-state index contributed by atoms with van der Waals surface area (Å²) in [5.41, 5.74) is 2.71. The van der Waals surface area contributed by atoms with Gasteiger partial charge in [0, 0.05) is 11.6 Å². The Morgan fingerprint density at radius 1 is 1.10 bits per heavy atom. The largest absolute Gasteiger partial charge is 0.317 e. The van der Waals surface area contributed by atoms with Crippen LogP contribution in [0.2, 0.25) is 5.02 Å². The van der Waals surface area contributed by atoms with Gasteiger partial charge >= 0.3 is 0 Å². The van der Waals surface area contributed by atoms with Gasteiger partial charge in [0.05, 0.1) is 0 Å². The minimum absolute atomic E-state index is 0.829. The van der Waals surface area contributed by atoms with E-state index < -0.39 is 0 Å². The molecule has 1 N–H and O–H groups in total. The van der Waals surface area contributed by atoms with Crippen LogP contribution in [-0.4, -0.2) is 31.1 Å². The number of nitrogens with one attached hydrogen (secondary N) is 1. The average Bonchev–Trinajstić information content (AvgIpc) is 2.52. The van der Waals surface area contributed by atoms with E-state index in [1.165, 1.54) is 75.8 Å². The van der Waals surface area contributed by atoms with E-state index in [1.807, 2.05) is 0 Å². The van der Waals surface area contributed by atoms with Crippen LogP contribution in [-0.2, 0) is 13.0 Å². The van der Waals surface area contributed by atoms with Crippen molar-refractivity contribution in [3.63, 3.8) is 0 Å². The molecule has 0 spiro atoms. The third-order valence-electron chi connectivity index (χ3n) is 4.94.